The van der Waals surface area contributed by atoms with Gasteiger partial charge in [-0.15, -0.1) is 0 Å². The number of nitrogens with one attached hydrogen (secondary N) is 1. The maximum absolute atomic E-state index is 6.52. The molecule has 0 aromatic heterocycles. The van der Waals surface area contributed by atoms with Gasteiger partial charge in [0, 0.05) is 23.2 Å². The van der Waals surface area contributed by atoms with Crippen LogP contribution in [0.4, 0.5) is 0 Å². The summed E-state index contributed by atoms with van der Waals surface area (Å²) < 4.78 is 11.5. The molecule has 0 atom stereocenters. The second-order valence-corrected chi connectivity index (χ2v) is 8.23. The Morgan fingerprint density at radius 1 is 0.966 bits per heavy atom. The van der Waals surface area contributed by atoms with E-state index < -0.39 is 0 Å². The topological polar surface area (TPSA) is 30.5 Å². The van der Waals surface area contributed by atoms with Crippen LogP contribution in [-0.4, -0.2) is 13.2 Å². The van der Waals surface area contributed by atoms with E-state index in [9.17, 15) is 0 Å². The minimum Gasteiger partial charge on any atom is -1.00 e. The molecule has 2 aromatic carbocycles. The maximum atomic E-state index is 6.52. The van der Waals surface area contributed by atoms with E-state index in [4.69, 9.17) is 32.7 Å². The molecule has 1 aliphatic rings. The summed E-state index contributed by atoms with van der Waals surface area (Å²) in [6.07, 6.45) is 9.24. The summed E-state index contributed by atoms with van der Waals surface area (Å²) in [6.45, 7) is 1.13. The number of methoxy groups -OCH3 is 1. The third-order valence-electron chi connectivity index (χ3n) is 5.32. The van der Waals surface area contributed by atoms with Gasteiger partial charge >= 0.3 is 0 Å². The maximum Gasteiger partial charge on any atom is 0.180 e. The van der Waals surface area contributed by atoms with Gasteiger partial charge < -0.3 is 27.2 Å². The van der Waals surface area contributed by atoms with Crippen molar-refractivity contribution in [2.75, 3.05) is 7.11 Å². The van der Waals surface area contributed by atoms with Crippen LogP contribution in [-0.2, 0) is 13.2 Å². The van der Waals surface area contributed by atoms with Crippen molar-refractivity contribution in [3.8, 4) is 11.5 Å². The Bertz CT molecular complexity index is 762. The van der Waals surface area contributed by atoms with Gasteiger partial charge in [0.2, 0.25) is 0 Å². The van der Waals surface area contributed by atoms with Crippen LogP contribution >= 0.6 is 23.2 Å². The smallest absolute Gasteiger partial charge is 0.180 e. The fraction of sp³-hybridized carbons (Fsp3) is 0.478. The van der Waals surface area contributed by atoms with E-state index in [1.54, 1.807) is 7.11 Å². The molecule has 1 aliphatic carbocycles. The molecule has 0 saturated heterocycles. The first-order chi connectivity index (χ1) is 13.7. The Balaban J connectivity index is 0.00000300. The molecule has 2 aromatic rings. The molecular formula is C23H29Cl3NO2-. The predicted octanol–water partition coefficient (Wildman–Crippen LogP) is 3.79. The average Bonchev–Trinajstić information content (AvgIpc) is 2.67. The van der Waals surface area contributed by atoms with Gasteiger partial charge in [0.05, 0.1) is 12.1 Å². The molecule has 6 heteroatoms. The highest BCUT2D eigenvalue weighted by atomic mass is 35.5. The Morgan fingerprint density at radius 2 is 1.66 bits per heavy atom. The molecule has 1 saturated carbocycles. The lowest BCUT2D eigenvalue weighted by molar-refractivity contribution is -0.00000619. The summed E-state index contributed by atoms with van der Waals surface area (Å²) in [5.74, 6) is 1.20. The van der Waals surface area contributed by atoms with E-state index in [0.717, 1.165) is 17.7 Å². The number of rotatable bonds is 7. The molecule has 0 unspecified atom stereocenters. The van der Waals surface area contributed by atoms with Crippen molar-refractivity contribution in [2.24, 2.45) is 0 Å². The van der Waals surface area contributed by atoms with Crippen LogP contribution in [0.15, 0.2) is 36.4 Å². The van der Waals surface area contributed by atoms with E-state index in [1.165, 1.54) is 44.9 Å². The van der Waals surface area contributed by atoms with Crippen LogP contribution in [0, 0.1) is 0 Å². The van der Waals surface area contributed by atoms with E-state index in [2.05, 4.69) is 5.32 Å². The van der Waals surface area contributed by atoms with Crippen LogP contribution in [0.25, 0.3) is 0 Å². The van der Waals surface area contributed by atoms with Crippen LogP contribution in [0.2, 0.25) is 10.0 Å². The van der Waals surface area contributed by atoms with Crippen molar-refractivity contribution < 1.29 is 21.9 Å². The number of benzene rings is 2. The SMILES string of the molecule is COc1cc(CNC2CCCCCCC2)cc(Cl)c1OCc1ccccc1Cl.[Cl-]. The second kappa shape index (κ2) is 12.5. The molecular weight excluding hydrogens is 429 g/mol. The normalized spacial score (nSPS) is 15.1. The monoisotopic (exact) mass is 456 g/mol. The van der Waals surface area contributed by atoms with Gasteiger partial charge in [-0.3, -0.25) is 0 Å². The molecule has 29 heavy (non-hydrogen) atoms. The van der Waals surface area contributed by atoms with Gasteiger partial charge in [-0.2, -0.15) is 0 Å². The minimum atomic E-state index is 0. The third kappa shape index (κ3) is 7.25. The highest BCUT2D eigenvalue weighted by Gasteiger charge is 2.15. The van der Waals surface area contributed by atoms with Gasteiger partial charge in [0.25, 0.3) is 0 Å². The molecule has 0 bridgehead atoms. The first kappa shape index (κ1) is 24.1. The van der Waals surface area contributed by atoms with Crippen LogP contribution < -0.4 is 27.2 Å². The Kier molecular flexibility index (Phi) is 10.4. The van der Waals surface area contributed by atoms with E-state index in [1.807, 2.05) is 36.4 Å². The Hall–Kier alpha value is -1.13. The van der Waals surface area contributed by atoms with Crippen molar-refractivity contribution in [3.05, 3.63) is 57.6 Å². The van der Waals surface area contributed by atoms with Gasteiger partial charge in [0.15, 0.2) is 11.5 Å². The number of ether oxygens (including phenoxy) is 2. The third-order valence-corrected chi connectivity index (χ3v) is 5.97. The second-order valence-electron chi connectivity index (χ2n) is 7.41. The zero-order chi connectivity index (χ0) is 19.8. The molecule has 1 N–H and O–H groups in total. The summed E-state index contributed by atoms with van der Waals surface area (Å²) in [5, 5.41) is 4.93. The Labute approximate surface area is 190 Å². The predicted molar refractivity (Wildman–Crippen MR) is 117 cm³/mol. The summed E-state index contributed by atoms with van der Waals surface area (Å²) >= 11 is 12.7. The van der Waals surface area contributed by atoms with E-state index >= 15 is 0 Å². The quantitative estimate of drug-likeness (QED) is 0.686. The number of hydrogen-bond donors (Lipinski definition) is 1. The zero-order valence-corrected chi connectivity index (χ0v) is 19.1. The van der Waals surface area contributed by atoms with Crippen LogP contribution in [0.1, 0.15) is 56.1 Å². The molecule has 1 fully saturated rings. The molecule has 0 amide bonds. The molecule has 160 valence electrons. The number of halogens is 3. The van der Waals surface area contributed by atoms with Crippen molar-refractivity contribution in [2.45, 2.75) is 64.1 Å². The van der Waals surface area contributed by atoms with Crippen molar-refractivity contribution in [1.82, 2.24) is 5.32 Å². The summed E-state index contributed by atoms with van der Waals surface area (Å²) in [4.78, 5) is 0. The van der Waals surface area contributed by atoms with Crippen LogP contribution in [0.5, 0.6) is 11.5 Å². The standard InChI is InChI=1S/C23H29Cl2NO2.ClH/c1-27-22-14-17(15-26-19-10-5-3-2-4-6-11-19)13-21(25)23(22)28-16-18-9-7-8-12-20(18)24;/h7-9,12-14,19,26H,2-6,10-11,15-16H2,1H3;1H/p-1. The molecule has 3 rings (SSSR count). The van der Waals surface area contributed by atoms with Gasteiger partial charge in [-0.25, -0.2) is 0 Å². The van der Waals surface area contributed by atoms with Crippen molar-refractivity contribution in [3.63, 3.8) is 0 Å². The van der Waals surface area contributed by atoms with Crippen molar-refractivity contribution >= 4 is 23.2 Å². The van der Waals surface area contributed by atoms with Gasteiger partial charge in [-0.05, 0) is 36.6 Å². The Morgan fingerprint density at radius 3 is 2.34 bits per heavy atom. The lowest BCUT2D eigenvalue weighted by Gasteiger charge is -2.21. The molecule has 0 heterocycles. The summed E-state index contributed by atoms with van der Waals surface area (Å²) in [6, 6.07) is 12.2. The zero-order valence-electron chi connectivity index (χ0n) is 16.9. The fourth-order valence-corrected chi connectivity index (χ4v) is 4.18. The highest BCUT2D eigenvalue weighted by Crippen LogP contribution is 2.37. The van der Waals surface area contributed by atoms with Crippen molar-refractivity contribution in [1.29, 1.82) is 0 Å². The fourth-order valence-electron chi connectivity index (χ4n) is 3.70. The first-order valence-electron chi connectivity index (χ1n) is 10.1. The summed E-state index contributed by atoms with van der Waals surface area (Å²) in [7, 11) is 1.64. The van der Waals surface area contributed by atoms with Gasteiger partial charge in [-0.1, -0.05) is 73.5 Å². The molecule has 0 radical (unpaired) electrons. The highest BCUT2D eigenvalue weighted by molar-refractivity contribution is 6.32. The lowest BCUT2D eigenvalue weighted by atomic mass is 9.96. The molecule has 0 spiro atoms. The number of hydrogen-bond acceptors (Lipinski definition) is 3. The molecule has 3 nitrogen and oxygen atoms in total. The molecule has 0 aliphatic heterocycles. The minimum absolute atomic E-state index is 0. The van der Waals surface area contributed by atoms with Gasteiger partial charge in [0.1, 0.15) is 6.61 Å². The summed E-state index contributed by atoms with van der Waals surface area (Å²) in [5.41, 5.74) is 2.02. The first-order valence-corrected chi connectivity index (χ1v) is 10.9. The van der Waals surface area contributed by atoms with E-state index in [0.29, 0.717) is 34.2 Å². The largest absolute Gasteiger partial charge is 1.00 e. The van der Waals surface area contributed by atoms with Crippen LogP contribution in [0.3, 0.4) is 0 Å². The lowest BCUT2D eigenvalue weighted by Crippen LogP contribution is -3.00. The average molecular weight is 458 g/mol. The van der Waals surface area contributed by atoms with E-state index in [-0.39, 0.29) is 12.4 Å².